The number of hydrogen-bond acceptors (Lipinski definition) is 0. The number of rotatable bonds is 1. The van der Waals surface area contributed by atoms with Crippen LogP contribution in [0.1, 0.15) is 44.2 Å². The molecule has 2 heteroatoms. The van der Waals surface area contributed by atoms with Crippen LogP contribution in [0, 0.1) is 0 Å². The van der Waals surface area contributed by atoms with Crippen molar-refractivity contribution in [1.29, 1.82) is 0 Å². The Bertz CT molecular complexity index is 374. The summed E-state index contributed by atoms with van der Waals surface area (Å²) in [5, 5.41) is 0. The summed E-state index contributed by atoms with van der Waals surface area (Å²) in [7, 11) is 0. The molecule has 1 aliphatic rings. The Kier molecular flexibility index (Phi) is 2.14. The summed E-state index contributed by atoms with van der Waals surface area (Å²) in [6, 6.07) is 7.61. The fraction of sp³-hybridized carbons (Fsp3) is 0.538. The van der Waals surface area contributed by atoms with Crippen molar-refractivity contribution in [3.05, 3.63) is 35.4 Å². The second-order valence-electron chi connectivity index (χ2n) is 5.39. The molecule has 1 aromatic carbocycles. The summed E-state index contributed by atoms with van der Waals surface area (Å²) in [5.74, 6) is -3.00. The summed E-state index contributed by atoms with van der Waals surface area (Å²) < 4.78 is 25.8. The van der Waals surface area contributed by atoms with Crippen molar-refractivity contribution >= 4 is 0 Å². The molecule has 0 saturated heterocycles. The highest BCUT2D eigenvalue weighted by molar-refractivity contribution is 5.35. The molecule has 1 unspecified atom stereocenters. The highest BCUT2D eigenvalue weighted by atomic mass is 19.3. The first-order chi connectivity index (χ1) is 6.81. The van der Waals surface area contributed by atoms with Crippen LogP contribution in [-0.2, 0) is 5.41 Å². The van der Waals surface area contributed by atoms with E-state index in [2.05, 4.69) is 20.8 Å². The predicted octanol–water partition coefficient (Wildman–Crippen LogP) is 4.11. The fourth-order valence-corrected chi connectivity index (χ4v) is 1.80. The van der Waals surface area contributed by atoms with E-state index in [1.807, 2.05) is 18.2 Å². The Morgan fingerprint density at radius 2 is 1.87 bits per heavy atom. The van der Waals surface area contributed by atoms with E-state index in [0.717, 1.165) is 11.1 Å². The van der Waals surface area contributed by atoms with E-state index in [1.54, 1.807) is 6.07 Å². The first-order valence-electron chi connectivity index (χ1n) is 5.29. The lowest BCUT2D eigenvalue weighted by Crippen LogP contribution is -2.11. The molecule has 0 nitrogen and oxygen atoms in total. The van der Waals surface area contributed by atoms with Crippen molar-refractivity contribution in [2.45, 2.75) is 44.4 Å². The van der Waals surface area contributed by atoms with Crippen LogP contribution in [0.4, 0.5) is 8.78 Å². The third-order valence-corrected chi connectivity index (χ3v) is 2.98. The van der Waals surface area contributed by atoms with Gasteiger partial charge in [-0.15, -0.1) is 0 Å². The van der Waals surface area contributed by atoms with Gasteiger partial charge in [0.05, 0.1) is 5.92 Å². The average Bonchev–Trinajstić information content (AvgIpc) is 2.74. The van der Waals surface area contributed by atoms with Gasteiger partial charge in [-0.3, -0.25) is 0 Å². The number of benzene rings is 1. The zero-order chi connectivity index (χ0) is 11.3. The molecule has 2 rings (SSSR count). The molecule has 15 heavy (non-hydrogen) atoms. The molecule has 0 aliphatic heterocycles. The van der Waals surface area contributed by atoms with Gasteiger partial charge in [-0.1, -0.05) is 45.0 Å². The highest BCUT2D eigenvalue weighted by Crippen LogP contribution is 2.55. The molecule has 0 radical (unpaired) electrons. The standard InChI is InChI=1S/C13H16F2/c1-12(2,3)10-6-4-5-9(7-10)11-8-13(11,14)15/h4-7,11H,8H2,1-3H3. The lowest BCUT2D eigenvalue weighted by molar-refractivity contribution is 0.112. The van der Waals surface area contributed by atoms with Gasteiger partial charge in [0.25, 0.3) is 5.92 Å². The molecule has 1 saturated carbocycles. The molecule has 82 valence electrons. The summed E-state index contributed by atoms with van der Waals surface area (Å²) in [6.45, 7) is 6.28. The van der Waals surface area contributed by atoms with Gasteiger partial charge in [0.1, 0.15) is 0 Å². The number of alkyl halides is 2. The van der Waals surface area contributed by atoms with Crippen molar-refractivity contribution in [3.8, 4) is 0 Å². The van der Waals surface area contributed by atoms with E-state index in [4.69, 9.17) is 0 Å². The Labute approximate surface area is 89.3 Å². The molecule has 0 spiro atoms. The molecule has 1 aliphatic carbocycles. The third kappa shape index (κ3) is 2.04. The van der Waals surface area contributed by atoms with Gasteiger partial charge in [-0.2, -0.15) is 0 Å². The van der Waals surface area contributed by atoms with Gasteiger partial charge in [0.15, 0.2) is 0 Å². The molecule has 0 bridgehead atoms. The Balaban J connectivity index is 2.29. The van der Waals surface area contributed by atoms with E-state index in [0.29, 0.717) is 0 Å². The largest absolute Gasteiger partial charge is 0.255 e. The molecule has 1 fully saturated rings. The lowest BCUT2D eigenvalue weighted by atomic mass is 9.86. The minimum atomic E-state index is -2.46. The molecule has 0 N–H and O–H groups in total. The third-order valence-electron chi connectivity index (χ3n) is 2.98. The predicted molar refractivity (Wildman–Crippen MR) is 57.4 cm³/mol. The van der Waals surface area contributed by atoms with Crippen molar-refractivity contribution in [2.75, 3.05) is 0 Å². The first kappa shape index (κ1) is 10.6. The Morgan fingerprint density at radius 1 is 1.27 bits per heavy atom. The van der Waals surface area contributed by atoms with Crippen LogP contribution >= 0.6 is 0 Å². The number of hydrogen-bond donors (Lipinski definition) is 0. The van der Waals surface area contributed by atoms with Crippen molar-refractivity contribution in [2.24, 2.45) is 0 Å². The van der Waals surface area contributed by atoms with E-state index in [-0.39, 0.29) is 11.8 Å². The van der Waals surface area contributed by atoms with Gasteiger partial charge in [0, 0.05) is 6.42 Å². The van der Waals surface area contributed by atoms with Crippen LogP contribution in [0.3, 0.4) is 0 Å². The maximum Gasteiger partial charge on any atom is 0.255 e. The summed E-state index contributed by atoms with van der Waals surface area (Å²) in [6.07, 6.45) is 0.0145. The van der Waals surface area contributed by atoms with Crippen LogP contribution in [0.5, 0.6) is 0 Å². The molecular formula is C13H16F2. The van der Waals surface area contributed by atoms with Crippen molar-refractivity contribution in [1.82, 2.24) is 0 Å². The van der Waals surface area contributed by atoms with Gasteiger partial charge in [-0.05, 0) is 16.5 Å². The van der Waals surface area contributed by atoms with E-state index in [9.17, 15) is 8.78 Å². The van der Waals surface area contributed by atoms with Crippen LogP contribution < -0.4 is 0 Å². The molecule has 1 atom stereocenters. The first-order valence-corrected chi connectivity index (χ1v) is 5.29. The monoisotopic (exact) mass is 210 g/mol. The van der Waals surface area contributed by atoms with Gasteiger partial charge >= 0.3 is 0 Å². The van der Waals surface area contributed by atoms with Gasteiger partial charge in [-0.25, -0.2) is 8.78 Å². The Morgan fingerprint density at radius 3 is 2.33 bits per heavy atom. The maximum atomic E-state index is 12.9. The smallest absolute Gasteiger partial charge is 0.206 e. The summed E-state index contributed by atoms with van der Waals surface area (Å²) in [5.41, 5.74) is 1.94. The van der Waals surface area contributed by atoms with Crippen LogP contribution in [-0.4, -0.2) is 5.92 Å². The fourth-order valence-electron chi connectivity index (χ4n) is 1.80. The summed E-state index contributed by atoms with van der Waals surface area (Å²) in [4.78, 5) is 0. The van der Waals surface area contributed by atoms with E-state index in [1.165, 1.54) is 0 Å². The van der Waals surface area contributed by atoms with Gasteiger partial charge in [0.2, 0.25) is 0 Å². The Hall–Kier alpha value is -0.920. The van der Waals surface area contributed by atoms with Crippen LogP contribution in [0.2, 0.25) is 0 Å². The second kappa shape index (κ2) is 3.03. The SMILES string of the molecule is CC(C)(C)c1cccc(C2CC2(F)F)c1. The number of halogens is 2. The minimum Gasteiger partial charge on any atom is -0.206 e. The van der Waals surface area contributed by atoms with E-state index >= 15 is 0 Å². The van der Waals surface area contributed by atoms with Crippen molar-refractivity contribution in [3.63, 3.8) is 0 Å². The van der Waals surface area contributed by atoms with Gasteiger partial charge < -0.3 is 0 Å². The zero-order valence-electron chi connectivity index (χ0n) is 9.35. The average molecular weight is 210 g/mol. The maximum absolute atomic E-state index is 12.9. The minimum absolute atomic E-state index is 0.0145. The molecule has 0 heterocycles. The molecular weight excluding hydrogens is 194 g/mol. The highest BCUT2D eigenvalue weighted by Gasteiger charge is 2.57. The van der Waals surface area contributed by atoms with Crippen LogP contribution in [0.15, 0.2) is 24.3 Å². The topological polar surface area (TPSA) is 0 Å². The van der Waals surface area contributed by atoms with E-state index < -0.39 is 11.8 Å². The lowest BCUT2D eigenvalue weighted by Gasteiger charge is -2.19. The van der Waals surface area contributed by atoms with Crippen LogP contribution in [0.25, 0.3) is 0 Å². The summed E-state index contributed by atoms with van der Waals surface area (Å²) >= 11 is 0. The normalized spacial score (nSPS) is 23.9. The quantitative estimate of drug-likeness (QED) is 0.654. The molecule has 0 aromatic heterocycles. The van der Waals surface area contributed by atoms with Crippen molar-refractivity contribution < 1.29 is 8.78 Å². The second-order valence-corrected chi connectivity index (χ2v) is 5.39. The molecule has 1 aromatic rings. The zero-order valence-corrected chi connectivity index (χ0v) is 9.35. The molecule has 0 amide bonds.